The van der Waals surface area contributed by atoms with E-state index in [1.165, 1.54) is 24.2 Å². The Bertz CT molecular complexity index is 369. The van der Waals surface area contributed by atoms with Crippen LogP contribution in [0.5, 0.6) is 0 Å². The molecule has 0 aliphatic heterocycles. The summed E-state index contributed by atoms with van der Waals surface area (Å²) in [6.45, 7) is 2.36. The molecule has 2 rings (SSSR count). The maximum Gasteiger partial charge on any atom is 0.230 e. The molecule has 16 heavy (non-hydrogen) atoms. The van der Waals surface area contributed by atoms with Gasteiger partial charge in [0, 0.05) is 17.8 Å². The molecule has 1 heterocycles. The van der Waals surface area contributed by atoms with Crippen molar-refractivity contribution in [2.75, 3.05) is 11.9 Å². The van der Waals surface area contributed by atoms with E-state index >= 15 is 0 Å². The molecular formula is C11H17N3OS. The van der Waals surface area contributed by atoms with Gasteiger partial charge in [-0.15, -0.1) is 11.3 Å². The first kappa shape index (κ1) is 11.5. The molecule has 1 aromatic rings. The summed E-state index contributed by atoms with van der Waals surface area (Å²) in [7, 11) is 0. The van der Waals surface area contributed by atoms with Crippen molar-refractivity contribution < 1.29 is 4.79 Å². The van der Waals surface area contributed by atoms with Gasteiger partial charge in [0.2, 0.25) is 5.91 Å². The molecule has 1 amide bonds. The second-order valence-electron chi connectivity index (χ2n) is 4.18. The number of nitrogens with zero attached hydrogens (tertiary/aromatic N) is 1. The Morgan fingerprint density at radius 1 is 1.75 bits per heavy atom. The second kappa shape index (κ2) is 4.93. The molecule has 1 atom stereocenters. The summed E-state index contributed by atoms with van der Waals surface area (Å²) in [5, 5.41) is 5.58. The molecule has 0 saturated heterocycles. The fourth-order valence-corrected chi connectivity index (χ4v) is 2.37. The Kier molecular flexibility index (Phi) is 3.56. The number of hydrogen-bond acceptors (Lipinski definition) is 4. The molecule has 5 heteroatoms. The van der Waals surface area contributed by atoms with Gasteiger partial charge in [-0.2, -0.15) is 0 Å². The van der Waals surface area contributed by atoms with E-state index in [4.69, 9.17) is 5.73 Å². The summed E-state index contributed by atoms with van der Waals surface area (Å²) in [4.78, 5) is 16.2. The van der Waals surface area contributed by atoms with Gasteiger partial charge < -0.3 is 11.1 Å². The van der Waals surface area contributed by atoms with Crippen LogP contribution < -0.4 is 11.1 Å². The first-order chi connectivity index (χ1) is 7.74. The first-order valence-electron chi connectivity index (χ1n) is 5.71. The van der Waals surface area contributed by atoms with Crippen molar-refractivity contribution in [1.29, 1.82) is 0 Å². The summed E-state index contributed by atoms with van der Waals surface area (Å²) < 4.78 is 0. The molecule has 1 aliphatic carbocycles. The van der Waals surface area contributed by atoms with E-state index in [2.05, 4.69) is 10.3 Å². The zero-order valence-electron chi connectivity index (χ0n) is 9.40. The quantitative estimate of drug-likeness (QED) is 0.825. The third-order valence-corrected chi connectivity index (χ3v) is 3.67. The van der Waals surface area contributed by atoms with Gasteiger partial charge in [-0.25, -0.2) is 4.98 Å². The molecular weight excluding hydrogens is 222 g/mol. The molecule has 1 aromatic heterocycles. The highest BCUT2D eigenvalue weighted by Crippen LogP contribution is 2.40. The Hall–Kier alpha value is -0.940. The van der Waals surface area contributed by atoms with E-state index in [-0.39, 0.29) is 11.8 Å². The minimum Gasteiger partial charge on any atom is -0.330 e. The Labute approximate surface area is 99.3 Å². The summed E-state index contributed by atoms with van der Waals surface area (Å²) in [6, 6.07) is 0. The third-order valence-electron chi connectivity index (χ3n) is 2.90. The maximum absolute atomic E-state index is 11.7. The number of aromatic nitrogens is 1. The number of carbonyl (C=O) groups excluding carboxylic acids is 1. The Morgan fingerprint density at radius 3 is 3.06 bits per heavy atom. The largest absolute Gasteiger partial charge is 0.330 e. The van der Waals surface area contributed by atoms with Crippen molar-refractivity contribution in [3.63, 3.8) is 0 Å². The van der Waals surface area contributed by atoms with Gasteiger partial charge >= 0.3 is 0 Å². The van der Waals surface area contributed by atoms with Gasteiger partial charge in [0.15, 0.2) is 5.13 Å². The molecule has 88 valence electrons. The van der Waals surface area contributed by atoms with Gasteiger partial charge in [0.25, 0.3) is 0 Å². The number of rotatable bonds is 5. The molecule has 0 bridgehead atoms. The normalized spacial score (nSPS) is 17.1. The van der Waals surface area contributed by atoms with Gasteiger partial charge in [0.1, 0.15) is 0 Å². The predicted octanol–water partition coefficient (Wildman–Crippen LogP) is 1.94. The van der Waals surface area contributed by atoms with E-state index in [9.17, 15) is 4.79 Å². The molecule has 1 aliphatic rings. The highest BCUT2D eigenvalue weighted by atomic mass is 32.1. The lowest BCUT2D eigenvalue weighted by Gasteiger charge is -2.10. The Balaban J connectivity index is 1.94. The monoisotopic (exact) mass is 239 g/mol. The van der Waals surface area contributed by atoms with E-state index in [1.807, 2.05) is 12.3 Å². The number of amides is 1. The van der Waals surface area contributed by atoms with Crippen LogP contribution in [0, 0.1) is 5.92 Å². The molecule has 4 nitrogen and oxygen atoms in total. The summed E-state index contributed by atoms with van der Waals surface area (Å²) in [5.41, 5.74) is 6.65. The molecule has 1 unspecified atom stereocenters. The number of thiazole rings is 1. The van der Waals surface area contributed by atoms with Crippen molar-refractivity contribution in [2.45, 2.75) is 32.1 Å². The predicted molar refractivity (Wildman–Crippen MR) is 65.6 cm³/mol. The topological polar surface area (TPSA) is 68.0 Å². The zero-order chi connectivity index (χ0) is 11.5. The molecule has 1 saturated carbocycles. The smallest absolute Gasteiger partial charge is 0.230 e. The standard InChI is InChI=1S/C11H17N3OS/c1-2-7(5-12)10(15)14-11-13-9(6-16-11)8-3-4-8/h6-8H,2-5,12H2,1H3,(H,13,14,15). The summed E-state index contributed by atoms with van der Waals surface area (Å²) in [6.07, 6.45) is 3.23. The van der Waals surface area contributed by atoms with Crippen LogP contribution in [-0.2, 0) is 4.79 Å². The average molecular weight is 239 g/mol. The maximum atomic E-state index is 11.7. The van der Waals surface area contributed by atoms with Crippen molar-refractivity contribution in [2.24, 2.45) is 11.7 Å². The number of hydrogen-bond donors (Lipinski definition) is 2. The summed E-state index contributed by atoms with van der Waals surface area (Å²) >= 11 is 1.50. The van der Waals surface area contributed by atoms with Crippen molar-refractivity contribution in [1.82, 2.24) is 4.98 Å². The first-order valence-corrected chi connectivity index (χ1v) is 6.59. The third kappa shape index (κ3) is 2.59. The fraction of sp³-hybridized carbons (Fsp3) is 0.636. The molecule has 1 fully saturated rings. The van der Waals surface area contributed by atoms with Gasteiger partial charge in [-0.05, 0) is 19.3 Å². The van der Waals surface area contributed by atoms with E-state index in [0.717, 1.165) is 12.1 Å². The molecule has 0 spiro atoms. The van der Waals surface area contributed by atoms with Crippen molar-refractivity contribution >= 4 is 22.4 Å². The summed E-state index contributed by atoms with van der Waals surface area (Å²) in [5.74, 6) is 0.522. The van der Waals surface area contributed by atoms with Crippen LogP contribution in [0.4, 0.5) is 5.13 Å². The lowest BCUT2D eigenvalue weighted by Crippen LogP contribution is -2.28. The van der Waals surface area contributed by atoms with Gasteiger partial charge in [0.05, 0.1) is 11.6 Å². The van der Waals surface area contributed by atoms with E-state index in [0.29, 0.717) is 17.6 Å². The van der Waals surface area contributed by atoms with Crippen LogP contribution >= 0.6 is 11.3 Å². The second-order valence-corrected chi connectivity index (χ2v) is 5.04. The molecule has 3 N–H and O–H groups in total. The van der Waals surface area contributed by atoms with Crippen LogP contribution in [0.15, 0.2) is 5.38 Å². The molecule has 0 radical (unpaired) electrons. The number of nitrogens with one attached hydrogen (secondary N) is 1. The highest BCUT2D eigenvalue weighted by molar-refractivity contribution is 7.13. The minimum absolute atomic E-state index is 0.0123. The van der Waals surface area contributed by atoms with Crippen LogP contribution in [-0.4, -0.2) is 17.4 Å². The fourth-order valence-electron chi connectivity index (χ4n) is 1.58. The molecule has 0 aromatic carbocycles. The van der Waals surface area contributed by atoms with E-state index < -0.39 is 0 Å². The van der Waals surface area contributed by atoms with E-state index in [1.54, 1.807) is 0 Å². The lowest BCUT2D eigenvalue weighted by atomic mass is 10.1. The lowest BCUT2D eigenvalue weighted by molar-refractivity contribution is -0.119. The minimum atomic E-state index is -0.103. The van der Waals surface area contributed by atoms with Gasteiger partial charge in [-0.3, -0.25) is 4.79 Å². The van der Waals surface area contributed by atoms with Crippen LogP contribution in [0.1, 0.15) is 37.8 Å². The van der Waals surface area contributed by atoms with Crippen LogP contribution in [0.3, 0.4) is 0 Å². The number of nitrogens with two attached hydrogens (primary N) is 1. The zero-order valence-corrected chi connectivity index (χ0v) is 10.2. The SMILES string of the molecule is CCC(CN)C(=O)Nc1nc(C2CC2)cs1. The number of carbonyl (C=O) groups is 1. The highest BCUT2D eigenvalue weighted by Gasteiger charge is 2.26. The van der Waals surface area contributed by atoms with Gasteiger partial charge in [-0.1, -0.05) is 6.92 Å². The van der Waals surface area contributed by atoms with Crippen LogP contribution in [0.2, 0.25) is 0 Å². The van der Waals surface area contributed by atoms with Crippen molar-refractivity contribution in [3.05, 3.63) is 11.1 Å². The van der Waals surface area contributed by atoms with Crippen molar-refractivity contribution in [3.8, 4) is 0 Å². The number of anilines is 1. The Morgan fingerprint density at radius 2 is 2.50 bits per heavy atom. The van der Waals surface area contributed by atoms with Crippen LogP contribution in [0.25, 0.3) is 0 Å². The average Bonchev–Trinajstić information content (AvgIpc) is 3.02.